The molecule has 0 amide bonds. The Morgan fingerprint density at radius 2 is 1.75 bits per heavy atom. The molecule has 0 atom stereocenters. The van der Waals surface area contributed by atoms with Crippen LogP contribution in [0.4, 0.5) is 23.2 Å². The Morgan fingerprint density at radius 3 is 2.25 bits per heavy atom. The molecule has 4 nitrogen and oxygen atoms in total. The number of rotatable bonds is 4. The van der Waals surface area contributed by atoms with Gasteiger partial charge in [0.05, 0.1) is 12.1 Å². The third-order valence-electron chi connectivity index (χ3n) is 2.45. The molecule has 0 bridgehead atoms. The topological polar surface area (TPSA) is 62.5 Å². The number of aromatic carboxylic acids is 1. The summed E-state index contributed by atoms with van der Waals surface area (Å²) in [5, 5.41) is 10.8. The minimum Gasteiger partial charge on any atom is -0.478 e. The Labute approximate surface area is 109 Å². The quantitative estimate of drug-likeness (QED) is 0.670. The second kappa shape index (κ2) is 5.24. The van der Waals surface area contributed by atoms with Crippen molar-refractivity contribution in [2.45, 2.75) is 6.54 Å². The highest BCUT2D eigenvalue weighted by Gasteiger charge is 2.19. The van der Waals surface area contributed by atoms with E-state index in [1.807, 2.05) is 0 Å². The van der Waals surface area contributed by atoms with Gasteiger partial charge >= 0.3 is 5.97 Å². The van der Waals surface area contributed by atoms with Crippen molar-refractivity contribution in [3.05, 3.63) is 53.0 Å². The summed E-state index contributed by atoms with van der Waals surface area (Å²) in [6, 6.07) is 1.20. The summed E-state index contributed by atoms with van der Waals surface area (Å²) in [7, 11) is 0. The summed E-state index contributed by atoms with van der Waals surface area (Å²) in [5.41, 5.74) is -1.15. The molecule has 0 aliphatic rings. The molecular formula is C12H7F4NO3. The fourth-order valence-electron chi connectivity index (χ4n) is 1.49. The maximum Gasteiger partial charge on any atom is 0.338 e. The highest BCUT2D eigenvalue weighted by molar-refractivity contribution is 5.87. The monoisotopic (exact) mass is 289 g/mol. The molecule has 0 saturated heterocycles. The first-order valence-electron chi connectivity index (χ1n) is 5.27. The number of carboxylic acid groups (broad SMARTS) is 1. The largest absolute Gasteiger partial charge is 0.478 e. The molecule has 1 aromatic heterocycles. The molecule has 1 aromatic carbocycles. The standard InChI is InChI=1S/C12H7F4NO3/c13-7-2-8(14)10(16)11(9(7)15)17-3-6-1-5(4-20-6)12(18)19/h1-2,4,17H,3H2,(H,18,19). The SMILES string of the molecule is O=C(O)c1coc(CNc2c(F)c(F)cc(F)c2F)c1. The number of benzene rings is 1. The maximum atomic E-state index is 13.3. The first-order valence-corrected chi connectivity index (χ1v) is 5.27. The molecule has 0 spiro atoms. The van der Waals surface area contributed by atoms with Crippen LogP contribution >= 0.6 is 0 Å². The highest BCUT2D eigenvalue weighted by Crippen LogP contribution is 2.24. The maximum absolute atomic E-state index is 13.3. The third-order valence-corrected chi connectivity index (χ3v) is 2.45. The normalized spacial score (nSPS) is 10.6. The van der Waals surface area contributed by atoms with Gasteiger partial charge in [0.2, 0.25) is 0 Å². The van der Waals surface area contributed by atoms with E-state index in [-0.39, 0.29) is 23.9 Å². The zero-order valence-corrected chi connectivity index (χ0v) is 9.71. The van der Waals surface area contributed by atoms with Gasteiger partial charge in [0.15, 0.2) is 23.3 Å². The molecule has 0 fully saturated rings. The average Bonchev–Trinajstić information content (AvgIpc) is 2.85. The van der Waals surface area contributed by atoms with Crippen LogP contribution in [0.5, 0.6) is 0 Å². The van der Waals surface area contributed by atoms with Gasteiger partial charge in [0.25, 0.3) is 0 Å². The Kier molecular flexibility index (Phi) is 3.64. The van der Waals surface area contributed by atoms with Gasteiger partial charge in [0.1, 0.15) is 17.7 Å². The molecule has 0 saturated carbocycles. The van der Waals surface area contributed by atoms with Crippen LogP contribution in [0.2, 0.25) is 0 Å². The summed E-state index contributed by atoms with van der Waals surface area (Å²) < 4.78 is 57.3. The molecule has 2 N–H and O–H groups in total. The van der Waals surface area contributed by atoms with E-state index in [4.69, 9.17) is 9.52 Å². The van der Waals surface area contributed by atoms with Crippen LogP contribution in [-0.4, -0.2) is 11.1 Å². The van der Waals surface area contributed by atoms with Crippen molar-refractivity contribution in [1.82, 2.24) is 0 Å². The minimum absolute atomic E-state index is 0.0332. The van der Waals surface area contributed by atoms with Crippen molar-refractivity contribution in [3.63, 3.8) is 0 Å². The van der Waals surface area contributed by atoms with Crippen LogP contribution in [-0.2, 0) is 6.54 Å². The second-order valence-corrected chi connectivity index (χ2v) is 3.80. The zero-order chi connectivity index (χ0) is 14.9. The fraction of sp³-hybridized carbons (Fsp3) is 0.0833. The van der Waals surface area contributed by atoms with E-state index in [0.717, 1.165) is 12.3 Å². The number of anilines is 1. The number of hydrogen-bond donors (Lipinski definition) is 2. The number of nitrogens with one attached hydrogen (secondary N) is 1. The van der Waals surface area contributed by atoms with Crippen LogP contribution < -0.4 is 5.32 Å². The molecule has 2 aromatic rings. The third kappa shape index (κ3) is 2.58. The molecule has 106 valence electrons. The molecule has 0 unspecified atom stereocenters. The van der Waals surface area contributed by atoms with Crippen molar-refractivity contribution < 1.29 is 31.9 Å². The lowest BCUT2D eigenvalue weighted by molar-refractivity contribution is 0.0696. The highest BCUT2D eigenvalue weighted by atomic mass is 19.2. The molecule has 0 radical (unpaired) electrons. The van der Waals surface area contributed by atoms with E-state index >= 15 is 0 Å². The average molecular weight is 289 g/mol. The van der Waals surface area contributed by atoms with E-state index < -0.39 is 34.9 Å². The smallest absolute Gasteiger partial charge is 0.338 e. The van der Waals surface area contributed by atoms with Gasteiger partial charge in [-0.15, -0.1) is 0 Å². The Balaban J connectivity index is 2.20. The number of hydrogen-bond acceptors (Lipinski definition) is 3. The van der Waals surface area contributed by atoms with Crippen molar-refractivity contribution in [2.24, 2.45) is 0 Å². The van der Waals surface area contributed by atoms with Crippen molar-refractivity contribution in [2.75, 3.05) is 5.32 Å². The van der Waals surface area contributed by atoms with Gasteiger partial charge in [-0.1, -0.05) is 0 Å². The summed E-state index contributed by atoms with van der Waals surface area (Å²) in [6.45, 7) is -0.343. The molecule has 0 aliphatic carbocycles. The molecule has 8 heteroatoms. The minimum atomic E-state index is -1.58. The predicted octanol–water partition coefficient (Wildman–Crippen LogP) is 3.15. The van der Waals surface area contributed by atoms with Gasteiger partial charge in [-0.2, -0.15) is 0 Å². The van der Waals surface area contributed by atoms with E-state index in [0.29, 0.717) is 0 Å². The lowest BCUT2D eigenvalue weighted by atomic mass is 10.2. The number of halogens is 4. The van der Waals surface area contributed by atoms with Gasteiger partial charge in [-0.3, -0.25) is 0 Å². The number of carbonyl (C=O) groups is 1. The summed E-state index contributed by atoms with van der Waals surface area (Å²) in [4.78, 5) is 10.6. The lowest BCUT2D eigenvalue weighted by Crippen LogP contribution is -2.06. The Hall–Kier alpha value is -2.51. The number of furan rings is 1. The number of carboxylic acids is 1. The predicted molar refractivity (Wildman–Crippen MR) is 59.3 cm³/mol. The fourth-order valence-corrected chi connectivity index (χ4v) is 1.49. The molecule has 0 aliphatic heterocycles. The van der Waals surface area contributed by atoms with Crippen LogP contribution in [0.1, 0.15) is 16.1 Å². The summed E-state index contributed by atoms with van der Waals surface area (Å²) in [6.07, 6.45) is 0.929. The summed E-state index contributed by atoms with van der Waals surface area (Å²) in [5.74, 6) is -7.45. The van der Waals surface area contributed by atoms with Crippen molar-refractivity contribution in [3.8, 4) is 0 Å². The van der Waals surface area contributed by atoms with Crippen LogP contribution in [0.15, 0.2) is 22.8 Å². The first kappa shape index (κ1) is 13.9. The lowest BCUT2D eigenvalue weighted by Gasteiger charge is -2.08. The van der Waals surface area contributed by atoms with Gasteiger partial charge < -0.3 is 14.8 Å². The van der Waals surface area contributed by atoms with Gasteiger partial charge in [0, 0.05) is 6.07 Å². The van der Waals surface area contributed by atoms with Crippen molar-refractivity contribution >= 4 is 11.7 Å². The summed E-state index contributed by atoms with van der Waals surface area (Å²) >= 11 is 0. The molecule has 1 heterocycles. The van der Waals surface area contributed by atoms with Crippen LogP contribution in [0, 0.1) is 23.3 Å². The van der Waals surface area contributed by atoms with E-state index in [1.165, 1.54) is 0 Å². The molecule has 20 heavy (non-hydrogen) atoms. The van der Waals surface area contributed by atoms with Crippen LogP contribution in [0.3, 0.4) is 0 Å². The molecule has 2 rings (SSSR count). The van der Waals surface area contributed by atoms with E-state index in [9.17, 15) is 22.4 Å². The van der Waals surface area contributed by atoms with E-state index in [2.05, 4.69) is 5.32 Å². The molecular weight excluding hydrogens is 282 g/mol. The van der Waals surface area contributed by atoms with Gasteiger partial charge in [-0.25, -0.2) is 22.4 Å². The Bertz CT molecular complexity index is 643. The van der Waals surface area contributed by atoms with Crippen LogP contribution in [0.25, 0.3) is 0 Å². The first-order chi connectivity index (χ1) is 9.40. The zero-order valence-electron chi connectivity index (χ0n) is 9.71. The second-order valence-electron chi connectivity index (χ2n) is 3.80. The Morgan fingerprint density at radius 1 is 1.15 bits per heavy atom. The van der Waals surface area contributed by atoms with E-state index in [1.54, 1.807) is 0 Å². The van der Waals surface area contributed by atoms with Gasteiger partial charge in [-0.05, 0) is 6.07 Å². The van der Waals surface area contributed by atoms with Crippen molar-refractivity contribution in [1.29, 1.82) is 0 Å².